The number of primary amides is 1. The van der Waals surface area contributed by atoms with Gasteiger partial charge < -0.3 is 11.1 Å². The second-order valence-electron chi connectivity index (χ2n) is 3.67. The Morgan fingerprint density at radius 1 is 1.44 bits per heavy atom. The number of hydrogen-bond donors (Lipinski definition) is 2. The Hall–Kier alpha value is -2.10. The minimum absolute atomic E-state index is 0.103. The first kappa shape index (κ1) is 10.4. The molecule has 0 bridgehead atoms. The summed E-state index contributed by atoms with van der Waals surface area (Å²) >= 11 is 0. The second kappa shape index (κ2) is 4.18. The molecule has 2 aromatic rings. The molecule has 4 nitrogen and oxygen atoms in total. The van der Waals surface area contributed by atoms with Gasteiger partial charge in [0.15, 0.2) is 0 Å². The normalized spacial score (nSPS) is 10.3. The molecule has 1 aromatic carbocycles. The lowest BCUT2D eigenvalue weighted by Crippen LogP contribution is -2.22. The molecule has 0 fully saturated rings. The molecule has 1 heterocycles. The fraction of sp³-hybridized carbons (Fsp3) is 0.167. The Labute approximate surface area is 93.5 Å². The first-order chi connectivity index (χ1) is 7.66. The van der Waals surface area contributed by atoms with Crippen molar-refractivity contribution in [3.05, 3.63) is 35.9 Å². The largest absolute Gasteiger partial charge is 0.368 e. The highest BCUT2D eigenvalue weighted by atomic mass is 16.1. The van der Waals surface area contributed by atoms with E-state index in [-0.39, 0.29) is 6.54 Å². The molecule has 0 saturated carbocycles. The van der Waals surface area contributed by atoms with Gasteiger partial charge in [0.2, 0.25) is 5.91 Å². The summed E-state index contributed by atoms with van der Waals surface area (Å²) in [4.78, 5) is 15.1. The van der Waals surface area contributed by atoms with Crippen molar-refractivity contribution in [2.24, 2.45) is 5.73 Å². The number of pyridine rings is 1. The minimum atomic E-state index is -0.394. The summed E-state index contributed by atoms with van der Waals surface area (Å²) in [5, 5.41) is 4.01. The van der Waals surface area contributed by atoms with Crippen LogP contribution in [0.3, 0.4) is 0 Å². The lowest BCUT2D eigenvalue weighted by atomic mass is 10.1. The van der Waals surface area contributed by atoms with Gasteiger partial charge in [-0.15, -0.1) is 0 Å². The molecule has 0 aliphatic carbocycles. The zero-order chi connectivity index (χ0) is 11.5. The first-order valence-corrected chi connectivity index (χ1v) is 5.05. The highest BCUT2D eigenvalue weighted by Gasteiger charge is 2.03. The number of nitrogens with two attached hydrogens (primary N) is 1. The number of hydrogen-bond acceptors (Lipinski definition) is 3. The Morgan fingerprint density at radius 2 is 2.19 bits per heavy atom. The highest BCUT2D eigenvalue weighted by molar-refractivity contribution is 5.83. The van der Waals surface area contributed by atoms with E-state index in [9.17, 15) is 4.79 Å². The van der Waals surface area contributed by atoms with Gasteiger partial charge in [-0.2, -0.15) is 0 Å². The van der Waals surface area contributed by atoms with Crippen LogP contribution >= 0.6 is 0 Å². The predicted molar refractivity (Wildman–Crippen MR) is 64.2 cm³/mol. The number of amides is 1. The van der Waals surface area contributed by atoms with Gasteiger partial charge in [0.25, 0.3) is 0 Å². The molecule has 1 amide bonds. The van der Waals surface area contributed by atoms with Gasteiger partial charge in [-0.05, 0) is 24.6 Å². The average Bonchev–Trinajstić information content (AvgIpc) is 2.26. The summed E-state index contributed by atoms with van der Waals surface area (Å²) in [5.74, 6) is 0.312. The van der Waals surface area contributed by atoms with Gasteiger partial charge in [-0.25, -0.2) is 4.98 Å². The average molecular weight is 215 g/mol. The number of aryl methyl sites for hydroxylation is 1. The Kier molecular flexibility index (Phi) is 2.72. The molecular weight excluding hydrogens is 202 g/mol. The molecule has 3 N–H and O–H groups in total. The van der Waals surface area contributed by atoms with Crippen molar-refractivity contribution in [2.75, 3.05) is 11.9 Å². The molecule has 82 valence electrons. The van der Waals surface area contributed by atoms with Crippen LogP contribution in [-0.2, 0) is 4.79 Å². The summed E-state index contributed by atoms with van der Waals surface area (Å²) in [7, 11) is 0. The van der Waals surface area contributed by atoms with Crippen molar-refractivity contribution in [3.63, 3.8) is 0 Å². The van der Waals surface area contributed by atoms with Gasteiger partial charge in [0.05, 0.1) is 12.1 Å². The summed E-state index contributed by atoms with van der Waals surface area (Å²) in [5.41, 5.74) is 6.98. The molecular formula is C12H13N3O. The Bertz CT molecular complexity index is 537. The Balaban J connectivity index is 2.38. The molecule has 4 heteroatoms. The summed E-state index contributed by atoms with van der Waals surface area (Å²) in [6.45, 7) is 2.05. The summed E-state index contributed by atoms with van der Waals surface area (Å²) < 4.78 is 0. The van der Waals surface area contributed by atoms with Crippen LogP contribution in [0.5, 0.6) is 0 Å². The van der Waals surface area contributed by atoms with Crippen LogP contribution < -0.4 is 11.1 Å². The molecule has 16 heavy (non-hydrogen) atoms. The van der Waals surface area contributed by atoms with Crippen molar-refractivity contribution in [1.29, 1.82) is 0 Å². The third-order valence-corrected chi connectivity index (χ3v) is 2.34. The molecule has 0 aliphatic rings. The van der Waals surface area contributed by atoms with Gasteiger partial charge >= 0.3 is 0 Å². The number of benzene rings is 1. The van der Waals surface area contributed by atoms with Crippen molar-refractivity contribution in [1.82, 2.24) is 4.98 Å². The number of carbonyl (C=O) groups is 1. The van der Waals surface area contributed by atoms with Gasteiger partial charge in [0, 0.05) is 5.39 Å². The highest BCUT2D eigenvalue weighted by Crippen LogP contribution is 2.19. The van der Waals surface area contributed by atoms with E-state index in [1.165, 1.54) is 0 Å². The SMILES string of the molecule is Cc1cc2ccccc2nc1NCC(N)=O. The van der Waals surface area contributed by atoms with Crippen LogP contribution in [0.15, 0.2) is 30.3 Å². The molecule has 0 radical (unpaired) electrons. The summed E-state index contributed by atoms with van der Waals surface area (Å²) in [6.07, 6.45) is 0. The minimum Gasteiger partial charge on any atom is -0.368 e. The van der Waals surface area contributed by atoms with Crippen molar-refractivity contribution < 1.29 is 4.79 Å². The maximum atomic E-state index is 10.7. The number of fused-ring (bicyclic) bond motifs is 1. The molecule has 0 atom stereocenters. The number of anilines is 1. The maximum Gasteiger partial charge on any atom is 0.236 e. The predicted octanol–water partition coefficient (Wildman–Crippen LogP) is 1.44. The fourth-order valence-electron chi connectivity index (χ4n) is 1.57. The van der Waals surface area contributed by atoms with Crippen molar-refractivity contribution >= 4 is 22.6 Å². The van der Waals surface area contributed by atoms with Gasteiger partial charge in [-0.3, -0.25) is 4.79 Å². The van der Waals surface area contributed by atoms with Crippen LogP contribution in [0, 0.1) is 6.92 Å². The first-order valence-electron chi connectivity index (χ1n) is 5.05. The molecule has 0 saturated heterocycles. The van der Waals surface area contributed by atoms with Crippen LogP contribution in [0.2, 0.25) is 0 Å². The number of aromatic nitrogens is 1. The van der Waals surface area contributed by atoms with Crippen molar-refractivity contribution in [3.8, 4) is 0 Å². The lowest BCUT2D eigenvalue weighted by Gasteiger charge is -2.08. The summed E-state index contributed by atoms with van der Waals surface area (Å²) in [6, 6.07) is 9.88. The van der Waals surface area contributed by atoms with Gasteiger partial charge in [-0.1, -0.05) is 18.2 Å². The molecule has 2 rings (SSSR count). The lowest BCUT2D eigenvalue weighted by molar-refractivity contribution is -0.116. The number of nitrogens with zero attached hydrogens (tertiary/aromatic N) is 1. The van der Waals surface area contributed by atoms with E-state index >= 15 is 0 Å². The third-order valence-electron chi connectivity index (χ3n) is 2.34. The van der Waals surface area contributed by atoms with Gasteiger partial charge in [0.1, 0.15) is 5.82 Å². The molecule has 0 unspecified atom stereocenters. The smallest absolute Gasteiger partial charge is 0.236 e. The Morgan fingerprint density at radius 3 is 2.94 bits per heavy atom. The molecule has 0 aliphatic heterocycles. The van der Waals surface area contributed by atoms with E-state index in [4.69, 9.17) is 5.73 Å². The third kappa shape index (κ3) is 2.11. The number of rotatable bonds is 3. The second-order valence-corrected chi connectivity index (χ2v) is 3.67. The number of nitrogens with one attached hydrogen (secondary N) is 1. The zero-order valence-electron chi connectivity index (χ0n) is 9.03. The van der Waals surface area contributed by atoms with Crippen LogP contribution in [0.25, 0.3) is 10.9 Å². The molecule has 1 aromatic heterocycles. The zero-order valence-corrected chi connectivity index (χ0v) is 9.03. The number of carbonyl (C=O) groups excluding carboxylic acids is 1. The van der Waals surface area contributed by atoms with Crippen LogP contribution in [0.4, 0.5) is 5.82 Å². The standard InChI is InChI=1S/C12H13N3O/c1-8-6-9-4-2-3-5-10(9)15-12(8)14-7-11(13)16/h2-6H,7H2,1H3,(H2,13,16)(H,14,15). The van der Waals surface area contributed by atoms with E-state index in [0.717, 1.165) is 16.5 Å². The van der Waals surface area contributed by atoms with Crippen LogP contribution in [-0.4, -0.2) is 17.4 Å². The monoisotopic (exact) mass is 215 g/mol. The fourth-order valence-corrected chi connectivity index (χ4v) is 1.57. The quantitative estimate of drug-likeness (QED) is 0.814. The van der Waals surface area contributed by atoms with E-state index in [1.807, 2.05) is 37.3 Å². The van der Waals surface area contributed by atoms with Crippen molar-refractivity contribution in [2.45, 2.75) is 6.92 Å². The number of para-hydroxylation sites is 1. The van der Waals surface area contributed by atoms with E-state index in [2.05, 4.69) is 10.3 Å². The van der Waals surface area contributed by atoms with Crippen LogP contribution in [0.1, 0.15) is 5.56 Å². The molecule has 0 spiro atoms. The maximum absolute atomic E-state index is 10.7. The topological polar surface area (TPSA) is 68.0 Å². The van der Waals surface area contributed by atoms with E-state index < -0.39 is 5.91 Å². The van der Waals surface area contributed by atoms with E-state index in [1.54, 1.807) is 0 Å². The van der Waals surface area contributed by atoms with E-state index in [0.29, 0.717) is 5.82 Å².